The number of benzene rings is 1. The molecule has 0 radical (unpaired) electrons. The highest BCUT2D eigenvalue weighted by Crippen LogP contribution is 2.37. The molecule has 0 saturated heterocycles. The number of carbonyl (C=O) groups excluding carboxylic acids is 2. The first-order chi connectivity index (χ1) is 14.0. The fourth-order valence-electron chi connectivity index (χ4n) is 2.89. The Hall–Kier alpha value is -2.33. The van der Waals surface area contributed by atoms with Crippen LogP contribution in [0.1, 0.15) is 33.1 Å². The van der Waals surface area contributed by atoms with Crippen LogP contribution < -0.4 is 19.7 Å². The number of nitrogens with one attached hydrogen (secondary N) is 1. The zero-order valence-corrected chi connectivity index (χ0v) is 17.8. The van der Waals surface area contributed by atoms with E-state index in [2.05, 4.69) is 15.5 Å². The van der Waals surface area contributed by atoms with Gasteiger partial charge in [-0.1, -0.05) is 30.0 Å². The van der Waals surface area contributed by atoms with E-state index in [1.165, 1.54) is 23.1 Å². The molecule has 2 amide bonds. The molecule has 1 unspecified atom stereocenters. The third-order valence-electron chi connectivity index (χ3n) is 4.54. The number of rotatable bonds is 7. The second-order valence-electron chi connectivity index (χ2n) is 6.81. The molecule has 0 spiro atoms. The van der Waals surface area contributed by atoms with Crippen LogP contribution in [0, 0.1) is 0 Å². The molecule has 2 heterocycles. The highest BCUT2D eigenvalue weighted by Gasteiger charge is 2.35. The van der Waals surface area contributed by atoms with Gasteiger partial charge in [0.25, 0.3) is 0 Å². The Kier molecular flexibility index (Phi) is 5.91. The summed E-state index contributed by atoms with van der Waals surface area (Å²) in [5.41, 5.74) is 0.651. The molecule has 29 heavy (non-hydrogen) atoms. The molecule has 1 N–H and O–H groups in total. The van der Waals surface area contributed by atoms with E-state index >= 15 is 0 Å². The van der Waals surface area contributed by atoms with Crippen molar-refractivity contribution in [2.45, 2.75) is 48.7 Å². The molecular formula is C19H22N4O4S2. The molecule has 4 rings (SSSR count). The Bertz CT molecular complexity index is 915. The molecule has 1 atom stereocenters. The van der Waals surface area contributed by atoms with Crippen LogP contribution in [0.5, 0.6) is 11.5 Å². The van der Waals surface area contributed by atoms with E-state index in [1.807, 2.05) is 13.8 Å². The Morgan fingerprint density at radius 2 is 2.03 bits per heavy atom. The average Bonchev–Trinajstić information content (AvgIpc) is 3.46. The predicted octanol–water partition coefficient (Wildman–Crippen LogP) is 3.33. The van der Waals surface area contributed by atoms with Crippen molar-refractivity contribution < 1.29 is 19.1 Å². The number of nitrogens with zero attached hydrogens (tertiary/aromatic N) is 3. The van der Waals surface area contributed by atoms with Gasteiger partial charge in [-0.25, -0.2) is 0 Å². The summed E-state index contributed by atoms with van der Waals surface area (Å²) in [7, 11) is 0. The lowest BCUT2D eigenvalue weighted by Crippen LogP contribution is -2.32. The summed E-state index contributed by atoms with van der Waals surface area (Å²) in [6.45, 7) is 4.68. The van der Waals surface area contributed by atoms with Gasteiger partial charge in [0.15, 0.2) is 15.8 Å². The topological polar surface area (TPSA) is 93.7 Å². The van der Waals surface area contributed by atoms with E-state index in [0.717, 1.165) is 12.8 Å². The minimum atomic E-state index is -0.375. The van der Waals surface area contributed by atoms with Gasteiger partial charge in [-0.2, -0.15) is 0 Å². The minimum absolute atomic E-state index is 0.0598. The highest BCUT2D eigenvalue weighted by atomic mass is 32.2. The molecule has 1 aliphatic carbocycles. The van der Waals surface area contributed by atoms with Crippen molar-refractivity contribution in [3.63, 3.8) is 0 Å². The molecule has 2 aromatic rings. The second-order valence-corrected chi connectivity index (χ2v) is 9.35. The molecule has 1 fully saturated rings. The fraction of sp³-hybridized carbons (Fsp3) is 0.474. The van der Waals surface area contributed by atoms with Gasteiger partial charge < -0.3 is 14.8 Å². The summed E-state index contributed by atoms with van der Waals surface area (Å²) in [4.78, 5) is 26.6. The van der Waals surface area contributed by atoms with Gasteiger partial charge >= 0.3 is 0 Å². The molecule has 1 aromatic carbocycles. The summed E-state index contributed by atoms with van der Waals surface area (Å²) in [6, 6.07) is 5.58. The standard InChI is InChI=1S/C19H22N4O4S2/c1-3-16(24)23(13-5-6-13)18-21-22-19(29-18)28-11(2)17(25)20-12-4-7-14-15(10-12)27-9-8-26-14/h4,7,10-11,13H,3,5-6,8-9H2,1-2H3,(H,20,25). The SMILES string of the molecule is CCC(=O)N(c1nnc(SC(C)C(=O)Nc2ccc3c(c2)OCCO3)s1)C1CC1. The van der Waals surface area contributed by atoms with Gasteiger partial charge in [-0.3, -0.25) is 14.5 Å². The van der Waals surface area contributed by atoms with E-state index in [4.69, 9.17) is 9.47 Å². The number of fused-ring (bicyclic) bond motifs is 1. The maximum absolute atomic E-state index is 12.6. The third-order valence-corrected chi connectivity index (χ3v) is 6.65. The van der Waals surface area contributed by atoms with E-state index < -0.39 is 0 Å². The van der Waals surface area contributed by atoms with Crippen molar-refractivity contribution in [1.29, 1.82) is 0 Å². The van der Waals surface area contributed by atoms with Gasteiger partial charge in [-0.05, 0) is 31.9 Å². The largest absolute Gasteiger partial charge is 0.486 e. The Labute approximate surface area is 177 Å². The van der Waals surface area contributed by atoms with Crippen molar-refractivity contribution in [3.05, 3.63) is 18.2 Å². The summed E-state index contributed by atoms with van der Waals surface area (Å²) < 4.78 is 11.7. The van der Waals surface area contributed by atoms with Crippen LogP contribution in [0.2, 0.25) is 0 Å². The number of ether oxygens (including phenoxy) is 2. The molecular weight excluding hydrogens is 412 g/mol. The van der Waals surface area contributed by atoms with Gasteiger partial charge in [0.1, 0.15) is 13.2 Å². The van der Waals surface area contributed by atoms with Crippen molar-refractivity contribution >= 4 is 45.7 Å². The van der Waals surface area contributed by atoms with Gasteiger partial charge in [0.2, 0.25) is 16.9 Å². The summed E-state index contributed by atoms with van der Waals surface area (Å²) in [6.07, 6.45) is 2.44. The predicted molar refractivity (Wildman–Crippen MR) is 112 cm³/mol. The lowest BCUT2D eigenvalue weighted by atomic mass is 10.2. The van der Waals surface area contributed by atoms with Crippen LogP contribution in [0.3, 0.4) is 0 Å². The highest BCUT2D eigenvalue weighted by molar-refractivity contribution is 8.02. The molecule has 10 heteroatoms. The quantitative estimate of drug-likeness (QED) is 0.528. The number of hydrogen-bond acceptors (Lipinski definition) is 8. The number of carbonyl (C=O) groups is 2. The smallest absolute Gasteiger partial charge is 0.237 e. The monoisotopic (exact) mass is 434 g/mol. The fourth-order valence-corrected chi connectivity index (χ4v) is 4.96. The number of amides is 2. The van der Waals surface area contributed by atoms with Gasteiger partial charge in [0.05, 0.1) is 5.25 Å². The lowest BCUT2D eigenvalue weighted by Gasteiger charge is -2.19. The first-order valence-corrected chi connectivity index (χ1v) is 11.3. The molecule has 1 aliphatic heterocycles. The van der Waals surface area contributed by atoms with E-state index in [-0.39, 0.29) is 23.1 Å². The zero-order chi connectivity index (χ0) is 20.4. The zero-order valence-electron chi connectivity index (χ0n) is 16.2. The number of thioether (sulfide) groups is 1. The maximum atomic E-state index is 12.6. The number of aromatic nitrogens is 2. The summed E-state index contributed by atoms with van der Waals surface area (Å²) in [5.74, 6) is 1.22. The van der Waals surface area contributed by atoms with Crippen LogP contribution >= 0.6 is 23.1 Å². The molecule has 2 aliphatic rings. The number of hydrogen-bond donors (Lipinski definition) is 1. The minimum Gasteiger partial charge on any atom is -0.486 e. The van der Waals surface area contributed by atoms with Crippen LogP contribution in [0.4, 0.5) is 10.8 Å². The molecule has 154 valence electrons. The molecule has 8 nitrogen and oxygen atoms in total. The van der Waals surface area contributed by atoms with Crippen LogP contribution in [0.15, 0.2) is 22.5 Å². The van der Waals surface area contributed by atoms with E-state index in [9.17, 15) is 9.59 Å². The summed E-state index contributed by atoms with van der Waals surface area (Å²) in [5, 5.41) is 11.5. The number of anilines is 2. The van der Waals surface area contributed by atoms with Crippen LogP contribution in [0.25, 0.3) is 0 Å². The van der Waals surface area contributed by atoms with E-state index in [0.29, 0.717) is 46.3 Å². The van der Waals surface area contributed by atoms with Crippen molar-refractivity contribution in [2.75, 3.05) is 23.4 Å². The maximum Gasteiger partial charge on any atom is 0.237 e. The molecule has 0 bridgehead atoms. The van der Waals surface area contributed by atoms with E-state index in [1.54, 1.807) is 23.1 Å². The van der Waals surface area contributed by atoms with Crippen LogP contribution in [-0.2, 0) is 9.59 Å². The Morgan fingerprint density at radius 1 is 1.28 bits per heavy atom. The average molecular weight is 435 g/mol. The van der Waals surface area contributed by atoms with Crippen molar-refractivity contribution in [2.24, 2.45) is 0 Å². The second kappa shape index (κ2) is 8.58. The third kappa shape index (κ3) is 4.64. The lowest BCUT2D eigenvalue weighted by molar-refractivity contribution is -0.118. The van der Waals surface area contributed by atoms with Gasteiger partial charge in [0, 0.05) is 24.2 Å². The van der Waals surface area contributed by atoms with Crippen LogP contribution in [-0.4, -0.2) is 46.5 Å². The first-order valence-electron chi connectivity index (χ1n) is 9.58. The first kappa shape index (κ1) is 20.0. The van der Waals surface area contributed by atoms with Crippen molar-refractivity contribution in [3.8, 4) is 11.5 Å². The molecule has 1 saturated carbocycles. The normalized spacial score (nSPS) is 16.2. The van der Waals surface area contributed by atoms with Crippen molar-refractivity contribution in [1.82, 2.24) is 10.2 Å². The molecule has 1 aromatic heterocycles. The summed E-state index contributed by atoms with van der Waals surface area (Å²) >= 11 is 2.68. The Morgan fingerprint density at radius 3 is 2.76 bits per heavy atom. The van der Waals surface area contributed by atoms with Gasteiger partial charge in [-0.15, -0.1) is 10.2 Å². The Balaban J connectivity index is 1.38.